The Labute approximate surface area is 170 Å². The van der Waals surface area contributed by atoms with Gasteiger partial charge in [-0.15, -0.1) is 0 Å². The van der Waals surface area contributed by atoms with E-state index in [-0.39, 0.29) is 33.2 Å². The molecule has 0 bridgehead atoms. The number of amides is 1. The predicted molar refractivity (Wildman–Crippen MR) is 105 cm³/mol. The molecule has 0 unspecified atom stereocenters. The van der Waals surface area contributed by atoms with Crippen molar-refractivity contribution in [3.63, 3.8) is 0 Å². The highest BCUT2D eigenvalue weighted by atomic mass is 35.5. The van der Waals surface area contributed by atoms with E-state index < -0.39 is 10.8 Å². The summed E-state index contributed by atoms with van der Waals surface area (Å²) in [4.78, 5) is 26.9. The van der Waals surface area contributed by atoms with Crippen molar-refractivity contribution >= 4 is 40.5 Å². The molecular formula is C18H17Cl2N3O5. The SMILES string of the molecule is COc1cnc(C(=O)Nc2c(Cl)cc([N+](=O)[O-])cc2Cl)cc1OC1CCCC1. The molecule has 0 aliphatic heterocycles. The highest BCUT2D eigenvalue weighted by Gasteiger charge is 2.22. The van der Waals surface area contributed by atoms with Crippen molar-refractivity contribution in [2.24, 2.45) is 0 Å². The zero-order valence-corrected chi connectivity index (χ0v) is 16.4. The summed E-state index contributed by atoms with van der Waals surface area (Å²) >= 11 is 12.1. The van der Waals surface area contributed by atoms with Crippen molar-refractivity contribution in [1.82, 2.24) is 4.98 Å². The molecule has 0 saturated heterocycles. The maximum absolute atomic E-state index is 12.6. The van der Waals surface area contributed by atoms with Crippen molar-refractivity contribution in [2.45, 2.75) is 31.8 Å². The molecule has 1 N–H and O–H groups in total. The summed E-state index contributed by atoms with van der Waals surface area (Å²) < 4.78 is 11.2. The van der Waals surface area contributed by atoms with Gasteiger partial charge in [0.05, 0.1) is 40.1 Å². The van der Waals surface area contributed by atoms with Gasteiger partial charge in [0.15, 0.2) is 11.5 Å². The average Bonchev–Trinajstić information content (AvgIpc) is 3.17. The van der Waals surface area contributed by atoms with Crippen LogP contribution < -0.4 is 14.8 Å². The molecule has 0 radical (unpaired) electrons. The van der Waals surface area contributed by atoms with Gasteiger partial charge in [-0.2, -0.15) is 0 Å². The quantitative estimate of drug-likeness (QED) is 0.522. The maximum Gasteiger partial charge on any atom is 0.274 e. The van der Waals surface area contributed by atoms with Crippen LogP contribution in [0.2, 0.25) is 10.0 Å². The summed E-state index contributed by atoms with van der Waals surface area (Å²) in [6.45, 7) is 0. The third-order valence-electron chi connectivity index (χ3n) is 4.36. The van der Waals surface area contributed by atoms with E-state index in [2.05, 4.69) is 10.3 Å². The lowest BCUT2D eigenvalue weighted by atomic mass is 10.2. The van der Waals surface area contributed by atoms with Crippen molar-refractivity contribution in [2.75, 3.05) is 12.4 Å². The van der Waals surface area contributed by atoms with E-state index in [1.807, 2.05) is 0 Å². The summed E-state index contributed by atoms with van der Waals surface area (Å²) in [5.74, 6) is 0.266. The van der Waals surface area contributed by atoms with E-state index in [0.717, 1.165) is 37.8 Å². The largest absolute Gasteiger partial charge is 0.491 e. The molecule has 1 amide bonds. The normalized spacial score (nSPS) is 14.0. The van der Waals surface area contributed by atoms with Gasteiger partial charge in [-0.3, -0.25) is 14.9 Å². The Morgan fingerprint density at radius 2 is 1.86 bits per heavy atom. The molecular weight excluding hydrogens is 409 g/mol. The highest BCUT2D eigenvalue weighted by Crippen LogP contribution is 2.36. The Kier molecular flexibility index (Phi) is 6.21. The Balaban J connectivity index is 1.83. The molecule has 1 fully saturated rings. The standard InChI is InChI=1S/C18H17Cl2N3O5/c1-27-16-9-21-14(8-15(16)28-11-4-2-3-5-11)18(24)22-17-12(19)6-10(23(25)26)7-13(17)20/h6-9,11H,2-5H2,1H3,(H,22,24). The number of nitro groups is 1. The number of halogens is 2. The fourth-order valence-corrected chi connectivity index (χ4v) is 3.51. The van der Waals surface area contributed by atoms with Crippen molar-refractivity contribution in [1.29, 1.82) is 0 Å². The van der Waals surface area contributed by atoms with Crippen LogP contribution in [-0.4, -0.2) is 29.0 Å². The molecule has 0 spiro atoms. The predicted octanol–water partition coefficient (Wildman–Crippen LogP) is 4.88. The Bertz CT molecular complexity index is 893. The zero-order chi connectivity index (χ0) is 20.3. The summed E-state index contributed by atoms with van der Waals surface area (Å²) in [6, 6.07) is 3.71. The monoisotopic (exact) mass is 425 g/mol. The Hall–Kier alpha value is -2.58. The average molecular weight is 426 g/mol. The topological polar surface area (TPSA) is 104 Å². The first-order valence-electron chi connectivity index (χ1n) is 8.54. The van der Waals surface area contributed by atoms with Crippen molar-refractivity contribution in [3.05, 3.63) is 50.2 Å². The maximum atomic E-state index is 12.6. The number of nitrogens with zero attached hydrogens (tertiary/aromatic N) is 2. The first kappa shape index (κ1) is 20.2. The van der Waals surface area contributed by atoms with Crippen molar-refractivity contribution in [3.8, 4) is 11.5 Å². The second-order valence-corrected chi connectivity index (χ2v) is 7.05. The molecule has 1 aliphatic carbocycles. The number of nitrogens with one attached hydrogen (secondary N) is 1. The van der Waals surface area contributed by atoms with Crippen LogP contribution in [0.1, 0.15) is 36.2 Å². The summed E-state index contributed by atoms with van der Waals surface area (Å²) in [5, 5.41) is 13.3. The lowest BCUT2D eigenvalue weighted by Crippen LogP contribution is -2.16. The third kappa shape index (κ3) is 4.45. The Morgan fingerprint density at radius 1 is 1.21 bits per heavy atom. The van der Waals surface area contributed by atoms with E-state index in [4.69, 9.17) is 32.7 Å². The van der Waals surface area contributed by atoms with E-state index in [1.165, 1.54) is 19.4 Å². The fourth-order valence-electron chi connectivity index (χ4n) is 2.94. The van der Waals surface area contributed by atoms with Gasteiger partial charge >= 0.3 is 0 Å². The number of methoxy groups -OCH3 is 1. The molecule has 10 heteroatoms. The minimum atomic E-state index is -0.624. The number of rotatable bonds is 6. The number of non-ortho nitro benzene ring substituents is 1. The van der Waals surface area contributed by atoms with E-state index in [9.17, 15) is 14.9 Å². The number of pyridine rings is 1. The molecule has 2 aromatic rings. The van der Waals surface area contributed by atoms with Gasteiger partial charge in [-0.05, 0) is 25.7 Å². The van der Waals surface area contributed by atoms with Crippen LogP contribution in [0.25, 0.3) is 0 Å². The molecule has 1 aliphatic rings. The molecule has 28 heavy (non-hydrogen) atoms. The number of hydrogen-bond donors (Lipinski definition) is 1. The fraction of sp³-hybridized carbons (Fsp3) is 0.333. The number of carbonyl (C=O) groups is 1. The van der Waals surface area contributed by atoms with E-state index >= 15 is 0 Å². The molecule has 0 atom stereocenters. The van der Waals surface area contributed by atoms with Crippen molar-refractivity contribution < 1.29 is 19.2 Å². The van der Waals surface area contributed by atoms with Gasteiger partial charge in [-0.1, -0.05) is 23.2 Å². The van der Waals surface area contributed by atoms with Gasteiger partial charge in [-0.25, -0.2) is 4.98 Å². The van der Waals surface area contributed by atoms with E-state index in [0.29, 0.717) is 11.5 Å². The van der Waals surface area contributed by atoms with Gasteiger partial charge in [0.2, 0.25) is 0 Å². The molecule has 3 rings (SSSR count). The zero-order valence-electron chi connectivity index (χ0n) is 14.9. The lowest BCUT2D eigenvalue weighted by Gasteiger charge is -2.16. The van der Waals surface area contributed by atoms with Gasteiger partial charge in [0.1, 0.15) is 5.69 Å². The second kappa shape index (κ2) is 8.62. The number of benzene rings is 1. The van der Waals surface area contributed by atoms with Crippen LogP contribution >= 0.6 is 23.2 Å². The van der Waals surface area contributed by atoms with Crippen LogP contribution in [0.15, 0.2) is 24.4 Å². The number of ether oxygens (including phenoxy) is 2. The molecule has 8 nitrogen and oxygen atoms in total. The smallest absolute Gasteiger partial charge is 0.274 e. The summed E-state index contributed by atoms with van der Waals surface area (Å²) in [6.07, 6.45) is 5.57. The van der Waals surface area contributed by atoms with Gasteiger partial charge in [0.25, 0.3) is 11.6 Å². The third-order valence-corrected chi connectivity index (χ3v) is 4.95. The summed E-state index contributed by atoms with van der Waals surface area (Å²) in [7, 11) is 1.49. The molecule has 1 aromatic heterocycles. The minimum Gasteiger partial charge on any atom is -0.491 e. The lowest BCUT2D eigenvalue weighted by molar-refractivity contribution is -0.384. The van der Waals surface area contributed by atoms with E-state index in [1.54, 1.807) is 0 Å². The number of aromatic nitrogens is 1. The second-order valence-electron chi connectivity index (χ2n) is 6.24. The van der Waals surface area contributed by atoms with Crippen LogP contribution in [0.3, 0.4) is 0 Å². The van der Waals surface area contributed by atoms with Crippen LogP contribution in [0.4, 0.5) is 11.4 Å². The van der Waals surface area contributed by atoms with Crippen LogP contribution in [-0.2, 0) is 0 Å². The highest BCUT2D eigenvalue weighted by molar-refractivity contribution is 6.40. The number of nitro benzene ring substituents is 1. The first-order chi connectivity index (χ1) is 13.4. The number of hydrogen-bond acceptors (Lipinski definition) is 6. The molecule has 1 aromatic carbocycles. The van der Waals surface area contributed by atoms with Gasteiger partial charge < -0.3 is 14.8 Å². The van der Waals surface area contributed by atoms with Crippen LogP contribution in [0.5, 0.6) is 11.5 Å². The molecule has 1 heterocycles. The molecule has 148 valence electrons. The Morgan fingerprint density at radius 3 is 2.43 bits per heavy atom. The summed E-state index contributed by atoms with van der Waals surface area (Å²) in [5.41, 5.74) is -0.142. The number of anilines is 1. The minimum absolute atomic E-state index is 0.0523. The van der Waals surface area contributed by atoms with Crippen LogP contribution in [0, 0.1) is 10.1 Å². The molecule has 1 saturated carbocycles. The van der Waals surface area contributed by atoms with Gasteiger partial charge in [0, 0.05) is 18.2 Å². The first-order valence-corrected chi connectivity index (χ1v) is 9.30. The number of carbonyl (C=O) groups excluding carboxylic acids is 1.